The lowest BCUT2D eigenvalue weighted by Crippen LogP contribution is -2.08. The molecule has 0 spiro atoms. The van der Waals surface area contributed by atoms with E-state index >= 15 is 0 Å². The van der Waals surface area contributed by atoms with Crippen LogP contribution in [0.3, 0.4) is 0 Å². The van der Waals surface area contributed by atoms with Crippen LogP contribution in [0.25, 0.3) is 0 Å². The zero-order valence-electron chi connectivity index (χ0n) is 11.3. The molecule has 0 aliphatic rings. The number of carbonyl (C=O) groups excluding carboxylic acids is 1. The number of nitrogens with two attached hydrogens (primary N) is 1. The van der Waals surface area contributed by atoms with Gasteiger partial charge in [0.2, 0.25) is 0 Å². The Hall–Kier alpha value is -1.52. The van der Waals surface area contributed by atoms with Gasteiger partial charge in [0.15, 0.2) is 5.78 Å². The highest BCUT2D eigenvalue weighted by atomic mass is 32.1. The van der Waals surface area contributed by atoms with Crippen molar-refractivity contribution >= 4 is 17.1 Å². The zero-order chi connectivity index (χ0) is 13.8. The molecule has 0 bridgehead atoms. The average molecular weight is 274 g/mol. The summed E-state index contributed by atoms with van der Waals surface area (Å²) in [7, 11) is 0. The van der Waals surface area contributed by atoms with Crippen LogP contribution in [0.5, 0.6) is 0 Å². The van der Waals surface area contributed by atoms with Gasteiger partial charge in [0, 0.05) is 18.2 Å². The number of Topliss-reactive ketones (excluding diaryl/α,β-unsaturated/α-hetero) is 1. The van der Waals surface area contributed by atoms with Crippen LogP contribution < -0.4 is 5.73 Å². The van der Waals surface area contributed by atoms with Crippen LogP contribution in [0.15, 0.2) is 23.6 Å². The molecule has 3 nitrogen and oxygen atoms in total. The first-order valence-corrected chi connectivity index (χ1v) is 7.22. The molecule has 1 heterocycles. The monoisotopic (exact) mass is 274 g/mol. The summed E-state index contributed by atoms with van der Waals surface area (Å²) in [5, 5.41) is 2.77. The van der Waals surface area contributed by atoms with Crippen LogP contribution in [0.4, 0.5) is 0 Å². The fraction of sp³-hybridized carbons (Fsp3) is 0.333. The SMILES string of the molecule is Cc1cccc(C)c1CC(=O)c1csc(CCN)n1. The Kier molecular flexibility index (Phi) is 4.45. The minimum atomic E-state index is 0.0805. The number of ketones is 1. The van der Waals surface area contributed by atoms with Crippen molar-refractivity contribution in [3.05, 3.63) is 51.0 Å². The lowest BCUT2D eigenvalue weighted by molar-refractivity contribution is 0.0988. The van der Waals surface area contributed by atoms with Crippen molar-refractivity contribution in [1.82, 2.24) is 4.98 Å². The van der Waals surface area contributed by atoms with E-state index in [9.17, 15) is 4.79 Å². The van der Waals surface area contributed by atoms with Gasteiger partial charge in [-0.25, -0.2) is 4.98 Å². The quantitative estimate of drug-likeness (QED) is 0.853. The third kappa shape index (κ3) is 3.28. The van der Waals surface area contributed by atoms with Gasteiger partial charge in [-0.1, -0.05) is 18.2 Å². The van der Waals surface area contributed by atoms with Gasteiger partial charge in [-0.05, 0) is 37.1 Å². The molecule has 0 amide bonds. The summed E-state index contributed by atoms with van der Waals surface area (Å²) < 4.78 is 0. The minimum Gasteiger partial charge on any atom is -0.330 e. The zero-order valence-corrected chi connectivity index (χ0v) is 12.1. The standard InChI is InChI=1S/C15H18N2OS/c1-10-4-3-5-11(2)12(10)8-14(18)13-9-19-15(17-13)6-7-16/h3-5,9H,6-8,16H2,1-2H3. The predicted molar refractivity (Wildman–Crippen MR) is 78.8 cm³/mol. The normalized spacial score (nSPS) is 10.7. The molecule has 0 saturated carbocycles. The Balaban J connectivity index is 2.16. The van der Waals surface area contributed by atoms with E-state index in [1.54, 1.807) is 0 Å². The Bertz CT molecular complexity index is 569. The Morgan fingerprint density at radius 2 is 2.00 bits per heavy atom. The number of aryl methyl sites for hydroxylation is 2. The van der Waals surface area contributed by atoms with Crippen molar-refractivity contribution < 1.29 is 4.79 Å². The van der Waals surface area contributed by atoms with Gasteiger partial charge in [-0.3, -0.25) is 4.79 Å². The van der Waals surface area contributed by atoms with Gasteiger partial charge in [-0.15, -0.1) is 11.3 Å². The molecule has 0 atom stereocenters. The summed E-state index contributed by atoms with van der Waals surface area (Å²) in [5.41, 5.74) is 9.48. The van der Waals surface area contributed by atoms with Crippen molar-refractivity contribution in [2.45, 2.75) is 26.7 Å². The van der Waals surface area contributed by atoms with Crippen LogP contribution in [-0.4, -0.2) is 17.3 Å². The maximum absolute atomic E-state index is 12.2. The second-order valence-corrected chi connectivity index (χ2v) is 5.58. The molecule has 2 N–H and O–H groups in total. The summed E-state index contributed by atoms with van der Waals surface area (Å²) in [6.45, 7) is 4.64. The van der Waals surface area contributed by atoms with E-state index in [4.69, 9.17) is 5.73 Å². The van der Waals surface area contributed by atoms with Crippen molar-refractivity contribution in [2.75, 3.05) is 6.54 Å². The number of carbonyl (C=O) groups is 1. The molecule has 1 aromatic carbocycles. The van der Waals surface area contributed by atoms with Gasteiger partial charge < -0.3 is 5.73 Å². The predicted octanol–water partition coefficient (Wildman–Crippen LogP) is 2.69. The first kappa shape index (κ1) is 13.9. The number of hydrogen-bond donors (Lipinski definition) is 1. The van der Waals surface area contributed by atoms with E-state index < -0.39 is 0 Å². The number of benzene rings is 1. The maximum atomic E-state index is 12.2. The second-order valence-electron chi connectivity index (χ2n) is 4.64. The molecule has 0 aliphatic carbocycles. The Morgan fingerprint density at radius 1 is 1.32 bits per heavy atom. The molecule has 0 saturated heterocycles. The van der Waals surface area contributed by atoms with Crippen molar-refractivity contribution in [1.29, 1.82) is 0 Å². The number of rotatable bonds is 5. The van der Waals surface area contributed by atoms with Gasteiger partial charge in [0.05, 0.1) is 5.01 Å². The van der Waals surface area contributed by atoms with Crippen LogP contribution >= 0.6 is 11.3 Å². The van der Waals surface area contributed by atoms with Crippen molar-refractivity contribution in [3.8, 4) is 0 Å². The summed E-state index contributed by atoms with van der Waals surface area (Å²) in [6.07, 6.45) is 1.16. The molecule has 2 aromatic rings. The topological polar surface area (TPSA) is 56.0 Å². The average Bonchev–Trinajstić information content (AvgIpc) is 2.83. The number of hydrogen-bond acceptors (Lipinski definition) is 4. The minimum absolute atomic E-state index is 0.0805. The first-order valence-electron chi connectivity index (χ1n) is 6.34. The molecular formula is C15H18N2OS. The number of nitrogens with zero attached hydrogens (tertiary/aromatic N) is 1. The third-order valence-corrected chi connectivity index (χ3v) is 4.09. The highest BCUT2D eigenvalue weighted by molar-refractivity contribution is 7.09. The number of aromatic nitrogens is 1. The molecular weight excluding hydrogens is 256 g/mol. The highest BCUT2D eigenvalue weighted by Crippen LogP contribution is 2.17. The largest absolute Gasteiger partial charge is 0.330 e. The van der Waals surface area contributed by atoms with Gasteiger partial charge >= 0.3 is 0 Å². The maximum Gasteiger partial charge on any atom is 0.186 e. The highest BCUT2D eigenvalue weighted by Gasteiger charge is 2.13. The fourth-order valence-electron chi connectivity index (χ4n) is 2.06. The molecule has 100 valence electrons. The lowest BCUT2D eigenvalue weighted by Gasteiger charge is -2.07. The molecule has 0 radical (unpaired) electrons. The molecule has 0 fully saturated rings. The van der Waals surface area contributed by atoms with Gasteiger partial charge in [-0.2, -0.15) is 0 Å². The van der Waals surface area contributed by atoms with E-state index in [-0.39, 0.29) is 5.78 Å². The number of thiazole rings is 1. The van der Waals surface area contributed by atoms with E-state index in [0.29, 0.717) is 18.7 Å². The summed E-state index contributed by atoms with van der Waals surface area (Å²) in [5.74, 6) is 0.0805. The Morgan fingerprint density at radius 3 is 2.63 bits per heavy atom. The third-order valence-electron chi connectivity index (χ3n) is 3.18. The summed E-state index contributed by atoms with van der Waals surface area (Å²) >= 11 is 1.51. The summed E-state index contributed by atoms with van der Waals surface area (Å²) in [6, 6.07) is 6.09. The van der Waals surface area contributed by atoms with E-state index in [0.717, 1.165) is 28.1 Å². The Labute approximate surface area is 117 Å². The molecule has 19 heavy (non-hydrogen) atoms. The van der Waals surface area contributed by atoms with Crippen LogP contribution in [0, 0.1) is 13.8 Å². The van der Waals surface area contributed by atoms with Crippen molar-refractivity contribution in [3.63, 3.8) is 0 Å². The van der Waals surface area contributed by atoms with Gasteiger partial charge in [0.1, 0.15) is 5.69 Å². The van der Waals surface area contributed by atoms with E-state index in [2.05, 4.69) is 4.98 Å². The fourth-order valence-corrected chi connectivity index (χ4v) is 2.87. The van der Waals surface area contributed by atoms with Crippen molar-refractivity contribution in [2.24, 2.45) is 5.73 Å². The van der Waals surface area contributed by atoms with Crippen LogP contribution in [0.2, 0.25) is 0 Å². The molecule has 1 aromatic heterocycles. The van der Waals surface area contributed by atoms with Crippen LogP contribution in [0.1, 0.15) is 32.2 Å². The van der Waals surface area contributed by atoms with Gasteiger partial charge in [0.25, 0.3) is 0 Å². The molecule has 2 rings (SSSR count). The smallest absolute Gasteiger partial charge is 0.186 e. The van der Waals surface area contributed by atoms with E-state index in [1.807, 2.05) is 37.4 Å². The van der Waals surface area contributed by atoms with Crippen LogP contribution in [-0.2, 0) is 12.8 Å². The molecule has 4 heteroatoms. The molecule has 0 unspecified atom stereocenters. The second kappa shape index (κ2) is 6.08. The summed E-state index contributed by atoms with van der Waals surface area (Å²) in [4.78, 5) is 16.6. The lowest BCUT2D eigenvalue weighted by atomic mass is 9.97. The molecule has 0 aliphatic heterocycles. The first-order chi connectivity index (χ1) is 9.11. The van der Waals surface area contributed by atoms with E-state index in [1.165, 1.54) is 11.3 Å².